The molecule has 1 atom stereocenters. The summed E-state index contributed by atoms with van der Waals surface area (Å²) in [7, 11) is 0. The van der Waals surface area contributed by atoms with Crippen molar-refractivity contribution >= 4 is 22.8 Å². The van der Waals surface area contributed by atoms with E-state index in [9.17, 15) is 9.59 Å². The van der Waals surface area contributed by atoms with E-state index in [-0.39, 0.29) is 30.3 Å². The molecule has 3 aromatic carbocycles. The molecular weight excluding hydrogens is 424 g/mol. The molecule has 174 valence electrons. The van der Waals surface area contributed by atoms with E-state index in [1.807, 2.05) is 72.2 Å². The molecule has 2 N–H and O–H groups in total. The third kappa shape index (κ3) is 5.52. The molecule has 1 unspecified atom stereocenters. The van der Waals surface area contributed by atoms with E-state index in [0.717, 1.165) is 17.5 Å². The van der Waals surface area contributed by atoms with E-state index >= 15 is 0 Å². The van der Waals surface area contributed by atoms with Crippen molar-refractivity contribution in [2.24, 2.45) is 0 Å². The van der Waals surface area contributed by atoms with Crippen molar-refractivity contribution in [1.82, 2.24) is 20.2 Å². The molecule has 6 heteroatoms. The van der Waals surface area contributed by atoms with Crippen LogP contribution in [0, 0.1) is 0 Å². The average molecular weight is 455 g/mol. The molecule has 0 saturated carbocycles. The second kappa shape index (κ2) is 10.8. The molecule has 0 aliphatic rings. The maximum atomic E-state index is 13.0. The number of amides is 2. The molecule has 1 heterocycles. The Kier molecular flexibility index (Phi) is 7.38. The van der Waals surface area contributed by atoms with Gasteiger partial charge in [-0.25, -0.2) is 4.98 Å². The van der Waals surface area contributed by atoms with Gasteiger partial charge in [-0.3, -0.25) is 9.59 Å². The Morgan fingerprint density at radius 1 is 0.882 bits per heavy atom. The maximum Gasteiger partial charge on any atom is 0.240 e. The first kappa shape index (κ1) is 23.2. The van der Waals surface area contributed by atoms with Crippen LogP contribution in [-0.2, 0) is 16.1 Å². The van der Waals surface area contributed by atoms with Crippen molar-refractivity contribution in [2.75, 3.05) is 6.54 Å². The molecule has 0 bridgehead atoms. The monoisotopic (exact) mass is 454 g/mol. The minimum atomic E-state index is -0.307. The second-order valence-electron chi connectivity index (χ2n) is 8.48. The lowest BCUT2D eigenvalue weighted by molar-refractivity contribution is -0.121. The van der Waals surface area contributed by atoms with E-state index < -0.39 is 0 Å². The minimum absolute atomic E-state index is 0.0840. The standard InChI is InChI=1S/C28H30N4O2/c1-20(30-21(2)33)28-31-25-15-9-10-16-26(25)32(28)19-27(34)29-18-17-24(22-11-5-3-6-12-22)23-13-7-4-8-14-23/h3-16,20,24H,17-19H2,1-2H3,(H,29,34)(H,30,33). The number of para-hydroxylation sites is 2. The zero-order valence-corrected chi connectivity index (χ0v) is 19.6. The summed E-state index contributed by atoms with van der Waals surface area (Å²) < 4.78 is 1.89. The molecule has 4 rings (SSSR count). The van der Waals surface area contributed by atoms with Gasteiger partial charge in [0.15, 0.2) is 0 Å². The molecule has 4 aromatic rings. The molecule has 0 fully saturated rings. The van der Waals surface area contributed by atoms with Crippen LogP contribution in [0.5, 0.6) is 0 Å². The van der Waals surface area contributed by atoms with Crippen molar-refractivity contribution in [2.45, 2.75) is 38.8 Å². The summed E-state index contributed by atoms with van der Waals surface area (Å²) in [4.78, 5) is 29.2. The summed E-state index contributed by atoms with van der Waals surface area (Å²) in [6.07, 6.45) is 0.791. The number of aromatic nitrogens is 2. The minimum Gasteiger partial charge on any atom is -0.355 e. The molecule has 34 heavy (non-hydrogen) atoms. The van der Waals surface area contributed by atoms with Crippen LogP contribution >= 0.6 is 0 Å². The first-order chi connectivity index (χ1) is 16.5. The fourth-order valence-electron chi connectivity index (χ4n) is 4.41. The van der Waals surface area contributed by atoms with Crippen LogP contribution in [0.2, 0.25) is 0 Å². The Morgan fingerprint density at radius 2 is 1.47 bits per heavy atom. The highest BCUT2D eigenvalue weighted by Gasteiger charge is 2.19. The Labute approximate surface area is 200 Å². The van der Waals surface area contributed by atoms with Crippen molar-refractivity contribution in [1.29, 1.82) is 0 Å². The average Bonchev–Trinajstić information content (AvgIpc) is 3.21. The van der Waals surface area contributed by atoms with Crippen LogP contribution in [0.25, 0.3) is 11.0 Å². The summed E-state index contributed by atoms with van der Waals surface area (Å²) in [5.41, 5.74) is 4.14. The van der Waals surface area contributed by atoms with Crippen molar-refractivity contribution in [3.63, 3.8) is 0 Å². The molecule has 0 saturated heterocycles. The maximum absolute atomic E-state index is 13.0. The van der Waals surface area contributed by atoms with E-state index in [4.69, 9.17) is 0 Å². The summed E-state index contributed by atoms with van der Waals surface area (Å²) in [5.74, 6) is 0.646. The second-order valence-corrected chi connectivity index (χ2v) is 8.48. The third-order valence-electron chi connectivity index (χ3n) is 5.95. The summed E-state index contributed by atoms with van der Waals surface area (Å²) in [6, 6.07) is 28.1. The van der Waals surface area contributed by atoms with Crippen LogP contribution in [-0.4, -0.2) is 27.9 Å². The van der Waals surface area contributed by atoms with Gasteiger partial charge < -0.3 is 15.2 Å². The molecule has 0 spiro atoms. The van der Waals surface area contributed by atoms with E-state index in [0.29, 0.717) is 12.4 Å². The van der Waals surface area contributed by atoms with Gasteiger partial charge in [0.2, 0.25) is 11.8 Å². The fourth-order valence-corrected chi connectivity index (χ4v) is 4.41. The van der Waals surface area contributed by atoms with Crippen LogP contribution in [0.3, 0.4) is 0 Å². The number of imidazole rings is 1. The van der Waals surface area contributed by atoms with Gasteiger partial charge in [-0.1, -0.05) is 72.8 Å². The first-order valence-corrected chi connectivity index (χ1v) is 11.6. The lowest BCUT2D eigenvalue weighted by Crippen LogP contribution is -2.32. The van der Waals surface area contributed by atoms with E-state index in [2.05, 4.69) is 39.9 Å². The van der Waals surface area contributed by atoms with Gasteiger partial charge in [0.25, 0.3) is 0 Å². The summed E-state index contributed by atoms with van der Waals surface area (Å²) in [6.45, 7) is 4.05. The largest absolute Gasteiger partial charge is 0.355 e. The zero-order chi connectivity index (χ0) is 23.9. The van der Waals surface area contributed by atoms with E-state index in [1.54, 1.807) is 0 Å². The fraction of sp³-hybridized carbons (Fsp3) is 0.250. The van der Waals surface area contributed by atoms with Crippen molar-refractivity contribution in [3.8, 4) is 0 Å². The molecule has 2 amide bonds. The Balaban J connectivity index is 1.47. The molecule has 6 nitrogen and oxygen atoms in total. The van der Waals surface area contributed by atoms with Crippen LogP contribution in [0.15, 0.2) is 84.9 Å². The number of carbonyl (C=O) groups excluding carboxylic acids is 2. The van der Waals surface area contributed by atoms with Crippen molar-refractivity contribution < 1.29 is 9.59 Å². The Hall–Kier alpha value is -3.93. The van der Waals surface area contributed by atoms with Crippen LogP contribution in [0.4, 0.5) is 0 Å². The number of nitrogens with zero attached hydrogens (tertiary/aromatic N) is 2. The number of hydrogen-bond donors (Lipinski definition) is 2. The highest BCUT2D eigenvalue weighted by Crippen LogP contribution is 2.27. The normalized spacial score (nSPS) is 12.0. The lowest BCUT2D eigenvalue weighted by Gasteiger charge is -2.19. The molecule has 0 aliphatic carbocycles. The first-order valence-electron chi connectivity index (χ1n) is 11.6. The van der Waals surface area contributed by atoms with Gasteiger partial charge in [0.05, 0.1) is 17.1 Å². The molecular formula is C28H30N4O2. The van der Waals surface area contributed by atoms with Gasteiger partial charge >= 0.3 is 0 Å². The Bertz CT molecular complexity index is 1210. The van der Waals surface area contributed by atoms with Gasteiger partial charge in [0, 0.05) is 19.4 Å². The molecule has 0 radical (unpaired) electrons. The summed E-state index contributed by atoms with van der Waals surface area (Å²) in [5, 5.41) is 5.96. The number of fused-ring (bicyclic) bond motifs is 1. The van der Waals surface area contributed by atoms with Crippen molar-refractivity contribution in [3.05, 3.63) is 102 Å². The van der Waals surface area contributed by atoms with Gasteiger partial charge in [-0.15, -0.1) is 0 Å². The quantitative estimate of drug-likeness (QED) is 0.389. The predicted molar refractivity (Wildman–Crippen MR) is 134 cm³/mol. The van der Waals surface area contributed by atoms with Crippen LogP contribution in [0.1, 0.15) is 49.2 Å². The topological polar surface area (TPSA) is 76.0 Å². The number of benzene rings is 3. The summed E-state index contributed by atoms with van der Waals surface area (Å²) >= 11 is 0. The van der Waals surface area contributed by atoms with Gasteiger partial charge in [-0.2, -0.15) is 0 Å². The molecule has 0 aliphatic heterocycles. The van der Waals surface area contributed by atoms with Gasteiger partial charge in [0.1, 0.15) is 12.4 Å². The van der Waals surface area contributed by atoms with E-state index in [1.165, 1.54) is 18.1 Å². The number of nitrogens with one attached hydrogen (secondary N) is 2. The zero-order valence-electron chi connectivity index (χ0n) is 19.6. The SMILES string of the molecule is CC(=O)NC(C)c1nc2ccccc2n1CC(=O)NCCC(c1ccccc1)c1ccccc1. The lowest BCUT2D eigenvalue weighted by atomic mass is 9.88. The smallest absolute Gasteiger partial charge is 0.240 e. The Morgan fingerprint density at radius 3 is 2.09 bits per heavy atom. The highest BCUT2D eigenvalue weighted by atomic mass is 16.2. The highest BCUT2D eigenvalue weighted by molar-refractivity contribution is 5.81. The molecule has 1 aromatic heterocycles. The predicted octanol–water partition coefficient (Wildman–Crippen LogP) is 4.57. The number of hydrogen-bond acceptors (Lipinski definition) is 3. The number of rotatable bonds is 9. The third-order valence-corrected chi connectivity index (χ3v) is 5.95. The number of carbonyl (C=O) groups is 2. The van der Waals surface area contributed by atoms with Gasteiger partial charge in [-0.05, 0) is 36.6 Å². The van der Waals surface area contributed by atoms with Crippen LogP contribution < -0.4 is 10.6 Å².